The largest absolute Gasteiger partial charge is 0.310 e. The van der Waals surface area contributed by atoms with Crippen LogP contribution in [0.15, 0.2) is 231 Å². The lowest BCUT2D eigenvalue weighted by Crippen LogP contribution is -2.16. The lowest BCUT2D eigenvalue weighted by molar-refractivity contribution is 0.660. The SMILES string of the molecule is CC1(C)c2ccccc2-c2ccc(N(c3ccc(-c4ccc5c6c7ccc8cccc9ccc(cc6n(-c6ccc(-c%10ccccc%10)cc6)c5c4)c7c98)cc3)c3ccc4ccccc4c3)cc21. The zero-order valence-electron chi connectivity index (χ0n) is 37.3. The van der Waals surface area contributed by atoms with Crippen LogP contribution in [0.3, 0.4) is 0 Å². The Morgan fingerprint density at radius 3 is 1.75 bits per heavy atom. The topological polar surface area (TPSA) is 8.17 Å². The number of aromatic nitrogens is 1. The first-order chi connectivity index (χ1) is 33.0. The molecule has 0 unspecified atom stereocenters. The van der Waals surface area contributed by atoms with Crippen LogP contribution in [-0.4, -0.2) is 4.57 Å². The van der Waals surface area contributed by atoms with E-state index < -0.39 is 0 Å². The first-order valence-corrected chi connectivity index (χ1v) is 23.4. The zero-order chi connectivity index (χ0) is 44.4. The maximum absolute atomic E-state index is 2.49. The third kappa shape index (κ3) is 5.70. The van der Waals surface area contributed by atoms with Crippen LogP contribution in [0, 0.1) is 0 Å². The van der Waals surface area contributed by atoms with Gasteiger partial charge in [0.15, 0.2) is 0 Å². The Labute approximate surface area is 389 Å². The Kier molecular flexibility index (Phi) is 8.06. The van der Waals surface area contributed by atoms with Gasteiger partial charge in [0.1, 0.15) is 0 Å². The van der Waals surface area contributed by atoms with Crippen LogP contribution < -0.4 is 4.90 Å². The second-order valence-electron chi connectivity index (χ2n) is 18.9. The molecule has 1 heterocycles. The first-order valence-electron chi connectivity index (χ1n) is 23.4. The fraction of sp³-hybridized carbons (Fsp3) is 0.0462. The molecular formula is C65H44N2. The molecule has 67 heavy (non-hydrogen) atoms. The van der Waals surface area contributed by atoms with E-state index in [0.717, 1.165) is 22.7 Å². The van der Waals surface area contributed by atoms with E-state index in [0.29, 0.717) is 0 Å². The number of anilines is 3. The summed E-state index contributed by atoms with van der Waals surface area (Å²) < 4.78 is 2.49. The van der Waals surface area contributed by atoms with Gasteiger partial charge >= 0.3 is 0 Å². The molecule has 0 radical (unpaired) electrons. The monoisotopic (exact) mass is 852 g/mol. The summed E-state index contributed by atoms with van der Waals surface area (Å²) in [5.41, 5.74) is 17.0. The number of hydrogen-bond acceptors (Lipinski definition) is 1. The normalized spacial score (nSPS) is 13.0. The van der Waals surface area contributed by atoms with E-state index in [1.165, 1.54) is 109 Å². The molecule has 1 aliphatic carbocycles. The van der Waals surface area contributed by atoms with Crippen LogP contribution in [0.25, 0.3) is 104 Å². The van der Waals surface area contributed by atoms with Crippen molar-refractivity contribution in [3.63, 3.8) is 0 Å². The van der Waals surface area contributed by atoms with Crippen LogP contribution in [0.5, 0.6) is 0 Å². The van der Waals surface area contributed by atoms with Gasteiger partial charge in [-0.2, -0.15) is 0 Å². The lowest BCUT2D eigenvalue weighted by atomic mass is 9.82. The molecule has 0 N–H and O–H groups in total. The minimum atomic E-state index is -0.108. The molecule has 1 aromatic heterocycles. The molecule has 14 rings (SSSR count). The maximum Gasteiger partial charge on any atom is 0.0553 e. The second kappa shape index (κ2) is 14.3. The molecule has 2 heteroatoms. The van der Waals surface area contributed by atoms with E-state index in [-0.39, 0.29) is 5.41 Å². The summed E-state index contributed by atoms with van der Waals surface area (Å²) in [5, 5.41) is 12.8. The third-order valence-electron chi connectivity index (χ3n) is 14.9. The van der Waals surface area contributed by atoms with Crippen molar-refractivity contribution in [3.8, 4) is 39.1 Å². The average Bonchev–Trinajstić information content (AvgIpc) is 3.83. The average molecular weight is 853 g/mol. The van der Waals surface area contributed by atoms with Crippen molar-refractivity contribution >= 4 is 82.0 Å². The van der Waals surface area contributed by atoms with Crippen molar-refractivity contribution in [2.75, 3.05) is 4.90 Å². The van der Waals surface area contributed by atoms with Crippen LogP contribution in [0.2, 0.25) is 0 Å². The number of benzene rings is 12. The minimum Gasteiger partial charge on any atom is -0.310 e. The quantitative estimate of drug-likeness (QED) is 0.151. The van der Waals surface area contributed by atoms with Crippen molar-refractivity contribution in [2.45, 2.75) is 19.3 Å². The van der Waals surface area contributed by atoms with Crippen molar-refractivity contribution in [1.29, 1.82) is 0 Å². The molecule has 0 amide bonds. The van der Waals surface area contributed by atoms with E-state index in [1.807, 2.05) is 0 Å². The molecule has 0 aliphatic heterocycles. The highest BCUT2D eigenvalue weighted by atomic mass is 15.1. The highest BCUT2D eigenvalue weighted by Crippen LogP contribution is 2.51. The molecule has 1 aliphatic rings. The molecule has 12 aromatic carbocycles. The fourth-order valence-corrected chi connectivity index (χ4v) is 11.6. The van der Waals surface area contributed by atoms with E-state index in [9.17, 15) is 0 Å². The van der Waals surface area contributed by atoms with E-state index in [2.05, 4.69) is 254 Å². The van der Waals surface area contributed by atoms with Gasteiger partial charge in [0.05, 0.1) is 11.0 Å². The Morgan fingerprint density at radius 2 is 0.910 bits per heavy atom. The van der Waals surface area contributed by atoms with Gasteiger partial charge in [-0.05, 0) is 148 Å². The van der Waals surface area contributed by atoms with Crippen molar-refractivity contribution < 1.29 is 0 Å². The molecular weight excluding hydrogens is 809 g/mol. The molecule has 0 saturated carbocycles. The Morgan fingerprint density at radius 1 is 0.328 bits per heavy atom. The Balaban J connectivity index is 0.932. The summed E-state index contributed by atoms with van der Waals surface area (Å²) >= 11 is 0. The first kappa shape index (κ1) is 37.9. The lowest BCUT2D eigenvalue weighted by Gasteiger charge is -2.28. The van der Waals surface area contributed by atoms with Gasteiger partial charge in [0.25, 0.3) is 0 Å². The van der Waals surface area contributed by atoms with E-state index in [4.69, 9.17) is 0 Å². The fourth-order valence-electron chi connectivity index (χ4n) is 11.6. The molecule has 0 atom stereocenters. The van der Waals surface area contributed by atoms with Crippen molar-refractivity contribution in [1.82, 2.24) is 4.57 Å². The van der Waals surface area contributed by atoms with Gasteiger partial charge in [-0.25, -0.2) is 0 Å². The van der Waals surface area contributed by atoms with Gasteiger partial charge in [-0.1, -0.05) is 184 Å². The summed E-state index contributed by atoms with van der Waals surface area (Å²) in [6.45, 7) is 4.72. The summed E-state index contributed by atoms with van der Waals surface area (Å²) in [6, 6.07) is 85.8. The molecule has 2 nitrogen and oxygen atoms in total. The zero-order valence-corrected chi connectivity index (χ0v) is 37.3. The molecule has 13 aromatic rings. The smallest absolute Gasteiger partial charge is 0.0553 e. The summed E-state index contributed by atoms with van der Waals surface area (Å²) in [6.07, 6.45) is 0. The molecule has 0 spiro atoms. The highest BCUT2D eigenvalue weighted by Gasteiger charge is 2.35. The van der Waals surface area contributed by atoms with E-state index >= 15 is 0 Å². The van der Waals surface area contributed by atoms with Gasteiger partial charge in [-0.3, -0.25) is 0 Å². The van der Waals surface area contributed by atoms with Crippen molar-refractivity contribution in [2.24, 2.45) is 0 Å². The van der Waals surface area contributed by atoms with E-state index in [1.54, 1.807) is 0 Å². The standard InChI is InChI=1S/C65H44N2/c1-65(2)58-18-9-8-17-54(58)55-36-33-53(40-59(55)65)66(52-32-25-42-13-6-7-14-47(42)37-52)50-28-23-44(24-29-50)48-27-34-56-60(38-48)67(51-30-21-43(22-31-51)41-11-4-3-5-12-41)61-39-49-20-19-45-15-10-16-46-26-35-57(64(56)61)63(49)62(45)46/h3-40H,1-2H3. The van der Waals surface area contributed by atoms with Gasteiger partial charge in [0, 0.05) is 38.9 Å². The van der Waals surface area contributed by atoms with Crippen LogP contribution >= 0.6 is 0 Å². The summed E-state index contributed by atoms with van der Waals surface area (Å²) in [5.74, 6) is 0. The Bertz CT molecular complexity index is 4080. The number of fused-ring (bicyclic) bond motifs is 8. The number of nitrogens with zero attached hydrogens (tertiary/aromatic N) is 2. The summed E-state index contributed by atoms with van der Waals surface area (Å²) in [7, 11) is 0. The number of hydrogen-bond donors (Lipinski definition) is 0. The molecule has 0 bridgehead atoms. The Hall–Kier alpha value is -8.46. The maximum atomic E-state index is 2.49. The number of rotatable bonds is 6. The highest BCUT2D eigenvalue weighted by molar-refractivity contribution is 6.33. The van der Waals surface area contributed by atoms with Crippen LogP contribution in [-0.2, 0) is 5.41 Å². The summed E-state index contributed by atoms with van der Waals surface area (Å²) in [4.78, 5) is 2.43. The molecule has 0 fully saturated rings. The van der Waals surface area contributed by atoms with Crippen LogP contribution in [0.4, 0.5) is 17.1 Å². The van der Waals surface area contributed by atoms with Gasteiger partial charge in [-0.15, -0.1) is 0 Å². The molecule has 0 saturated heterocycles. The predicted octanol–water partition coefficient (Wildman–Crippen LogP) is 17.9. The van der Waals surface area contributed by atoms with Crippen LogP contribution in [0.1, 0.15) is 25.0 Å². The predicted molar refractivity (Wildman–Crippen MR) is 285 cm³/mol. The van der Waals surface area contributed by atoms with Crippen molar-refractivity contribution in [3.05, 3.63) is 242 Å². The van der Waals surface area contributed by atoms with Gasteiger partial charge in [0.2, 0.25) is 0 Å². The molecule has 314 valence electrons. The minimum absolute atomic E-state index is 0.108. The second-order valence-corrected chi connectivity index (χ2v) is 18.9. The van der Waals surface area contributed by atoms with Gasteiger partial charge < -0.3 is 9.47 Å². The third-order valence-corrected chi connectivity index (χ3v) is 14.9.